The second-order valence-electron chi connectivity index (χ2n) is 8.93. The summed E-state index contributed by atoms with van der Waals surface area (Å²) in [6, 6.07) is 1.55. The maximum atomic E-state index is 14.7. The molecule has 2 atom stereocenters. The number of ether oxygens (including phenoxy) is 1. The molecule has 2 unspecified atom stereocenters. The molecule has 180 valence electrons. The Morgan fingerprint density at radius 3 is 2.70 bits per heavy atom. The van der Waals surface area contributed by atoms with E-state index in [0.29, 0.717) is 23.6 Å². The Kier molecular flexibility index (Phi) is 7.74. The lowest BCUT2D eigenvalue weighted by Gasteiger charge is -2.34. The van der Waals surface area contributed by atoms with Gasteiger partial charge in [-0.3, -0.25) is 4.90 Å². The summed E-state index contributed by atoms with van der Waals surface area (Å²) in [5, 5.41) is 6.92. The average molecular weight is 459 g/mol. The number of methoxy groups -OCH3 is 1. The lowest BCUT2D eigenvalue weighted by Crippen LogP contribution is -2.46. The summed E-state index contributed by atoms with van der Waals surface area (Å²) in [5.74, 6) is 1.56. The molecule has 0 bridgehead atoms. The quantitative estimate of drug-likeness (QED) is 0.518. The number of nitrogen functional groups attached to an aromatic ring is 1. The van der Waals surface area contributed by atoms with Gasteiger partial charge >= 0.3 is 0 Å². The molecule has 4 rings (SSSR count). The van der Waals surface area contributed by atoms with Crippen molar-refractivity contribution >= 4 is 23.7 Å². The summed E-state index contributed by atoms with van der Waals surface area (Å²) in [6.07, 6.45) is 10.6. The molecule has 9 nitrogen and oxygen atoms in total. The highest BCUT2D eigenvalue weighted by Crippen LogP contribution is 2.32. The van der Waals surface area contributed by atoms with E-state index < -0.39 is 5.82 Å². The molecule has 2 aliphatic rings. The Morgan fingerprint density at radius 2 is 2.03 bits per heavy atom. The van der Waals surface area contributed by atoms with Crippen LogP contribution in [0.25, 0.3) is 0 Å². The first-order chi connectivity index (χ1) is 16.1. The molecule has 4 N–H and O–H groups in total. The second-order valence-corrected chi connectivity index (χ2v) is 8.93. The van der Waals surface area contributed by atoms with Crippen LogP contribution in [0.15, 0.2) is 12.3 Å². The normalized spacial score (nSPS) is 19.9. The number of hydrogen-bond acceptors (Lipinski definition) is 9. The van der Waals surface area contributed by atoms with E-state index in [-0.39, 0.29) is 23.8 Å². The van der Waals surface area contributed by atoms with Gasteiger partial charge in [0.2, 0.25) is 17.8 Å². The molecule has 0 spiro atoms. The van der Waals surface area contributed by atoms with Crippen LogP contribution in [-0.4, -0.2) is 52.2 Å². The highest BCUT2D eigenvalue weighted by molar-refractivity contribution is 5.57. The molecule has 1 saturated heterocycles. The molecule has 33 heavy (non-hydrogen) atoms. The van der Waals surface area contributed by atoms with E-state index in [4.69, 9.17) is 15.5 Å². The fraction of sp³-hybridized carbons (Fsp3) is 0.652. The fourth-order valence-electron chi connectivity index (χ4n) is 4.99. The van der Waals surface area contributed by atoms with Crippen LogP contribution in [0.3, 0.4) is 0 Å². The van der Waals surface area contributed by atoms with Crippen molar-refractivity contribution in [1.82, 2.24) is 25.3 Å². The highest BCUT2D eigenvalue weighted by Gasteiger charge is 2.33. The minimum absolute atomic E-state index is 0.0270. The van der Waals surface area contributed by atoms with Gasteiger partial charge in [-0.1, -0.05) is 26.2 Å². The van der Waals surface area contributed by atoms with Gasteiger partial charge in [-0.2, -0.15) is 15.0 Å². The molecule has 0 aromatic carbocycles. The Balaban J connectivity index is 1.66. The predicted octanol–water partition coefficient (Wildman–Crippen LogP) is 3.66. The molecule has 10 heteroatoms. The SMILES string of the molecule is CCC(C1CCCN1)N(c1cc(F)c(OC)cn1)c1nc(N)nc(NCC2CCCCC2)n1. The van der Waals surface area contributed by atoms with Crippen molar-refractivity contribution in [2.24, 2.45) is 5.92 Å². The van der Waals surface area contributed by atoms with Crippen molar-refractivity contribution in [1.29, 1.82) is 0 Å². The van der Waals surface area contributed by atoms with Crippen molar-refractivity contribution < 1.29 is 9.13 Å². The van der Waals surface area contributed by atoms with Crippen LogP contribution in [0.4, 0.5) is 28.1 Å². The van der Waals surface area contributed by atoms with E-state index >= 15 is 0 Å². The van der Waals surface area contributed by atoms with Gasteiger partial charge in [0, 0.05) is 18.7 Å². The zero-order valence-corrected chi connectivity index (χ0v) is 19.6. The number of hydrogen-bond donors (Lipinski definition) is 3. The molecular formula is C23H35FN8O. The molecule has 2 aromatic heterocycles. The Bertz CT molecular complexity index is 917. The molecule has 2 aromatic rings. The van der Waals surface area contributed by atoms with Gasteiger partial charge in [0.1, 0.15) is 5.82 Å². The van der Waals surface area contributed by atoms with E-state index in [0.717, 1.165) is 32.4 Å². The molecule has 0 amide bonds. The lowest BCUT2D eigenvalue weighted by molar-refractivity contribution is 0.373. The molecule has 1 aliphatic carbocycles. The fourth-order valence-corrected chi connectivity index (χ4v) is 4.99. The van der Waals surface area contributed by atoms with Gasteiger partial charge in [0.05, 0.1) is 19.3 Å². The van der Waals surface area contributed by atoms with Crippen LogP contribution in [-0.2, 0) is 0 Å². The first kappa shape index (κ1) is 23.4. The van der Waals surface area contributed by atoms with Gasteiger partial charge < -0.3 is 21.1 Å². The van der Waals surface area contributed by atoms with E-state index in [2.05, 4.69) is 32.5 Å². The van der Waals surface area contributed by atoms with E-state index in [1.54, 1.807) is 0 Å². The van der Waals surface area contributed by atoms with E-state index in [1.165, 1.54) is 51.5 Å². The predicted molar refractivity (Wildman–Crippen MR) is 127 cm³/mol. The summed E-state index contributed by atoms with van der Waals surface area (Å²) >= 11 is 0. The number of halogens is 1. The number of anilines is 4. The highest BCUT2D eigenvalue weighted by atomic mass is 19.1. The van der Waals surface area contributed by atoms with Crippen molar-refractivity contribution in [2.45, 2.75) is 70.4 Å². The standard InChI is InChI=1S/C23H35FN8O/c1-3-18(17-10-7-11-26-17)32(20-12-16(24)19(33-2)14-27-20)23-30-21(25)29-22(31-23)28-13-15-8-5-4-6-9-15/h12,14-15,17-18,26H,3-11,13H2,1-2H3,(H3,25,28,29,30,31). The van der Waals surface area contributed by atoms with Crippen molar-refractivity contribution in [3.8, 4) is 5.75 Å². The van der Waals surface area contributed by atoms with Gasteiger partial charge in [-0.05, 0) is 44.6 Å². The van der Waals surface area contributed by atoms with Gasteiger partial charge in [-0.15, -0.1) is 0 Å². The van der Waals surface area contributed by atoms with E-state index in [9.17, 15) is 4.39 Å². The van der Waals surface area contributed by atoms with Crippen LogP contribution >= 0.6 is 0 Å². The maximum Gasteiger partial charge on any atom is 0.238 e. The zero-order valence-electron chi connectivity index (χ0n) is 19.6. The summed E-state index contributed by atoms with van der Waals surface area (Å²) in [5.41, 5.74) is 6.10. The number of nitrogens with two attached hydrogens (primary N) is 1. The third-order valence-corrected chi connectivity index (χ3v) is 6.71. The Labute approximate surface area is 194 Å². The van der Waals surface area contributed by atoms with Crippen molar-refractivity contribution in [3.05, 3.63) is 18.1 Å². The first-order valence-electron chi connectivity index (χ1n) is 12.1. The number of aromatic nitrogens is 4. The van der Waals surface area contributed by atoms with Crippen molar-refractivity contribution in [2.75, 3.05) is 36.1 Å². The lowest BCUT2D eigenvalue weighted by atomic mass is 9.89. The Hall–Kier alpha value is -2.75. The van der Waals surface area contributed by atoms with Gasteiger partial charge in [0.15, 0.2) is 11.6 Å². The summed E-state index contributed by atoms with van der Waals surface area (Å²) < 4.78 is 19.7. The third kappa shape index (κ3) is 5.61. The van der Waals surface area contributed by atoms with Crippen LogP contribution in [0.2, 0.25) is 0 Å². The second kappa shape index (κ2) is 10.9. The molecular weight excluding hydrogens is 423 g/mol. The molecule has 1 saturated carbocycles. The molecule has 0 radical (unpaired) electrons. The summed E-state index contributed by atoms with van der Waals surface area (Å²) in [4.78, 5) is 19.8. The number of pyridine rings is 1. The molecule has 2 fully saturated rings. The first-order valence-corrected chi connectivity index (χ1v) is 12.1. The minimum Gasteiger partial charge on any atom is -0.492 e. The minimum atomic E-state index is -0.487. The number of rotatable bonds is 9. The maximum absolute atomic E-state index is 14.7. The van der Waals surface area contributed by atoms with E-state index in [1.807, 2.05) is 4.90 Å². The molecule has 3 heterocycles. The smallest absolute Gasteiger partial charge is 0.238 e. The number of nitrogens with one attached hydrogen (secondary N) is 2. The van der Waals surface area contributed by atoms with Crippen LogP contribution in [0, 0.1) is 11.7 Å². The van der Waals surface area contributed by atoms with Gasteiger partial charge in [0.25, 0.3) is 0 Å². The third-order valence-electron chi connectivity index (χ3n) is 6.71. The summed E-state index contributed by atoms with van der Waals surface area (Å²) in [6.45, 7) is 3.86. The monoisotopic (exact) mass is 458 g/mol. The summed E-state index contributed by atoms with van der Waals surface area (Å²) in [7, 11) is 1.42. The Morgan fingerprint density at radius 1 is 1.21 bits per heavy atom. The van der Waals surface area contributed by atoms with Crippen LogP contribution in [0.5, 0.6) is 5.75 Å². The average Bonchev–Trinajstić information content (AvgIpc) is 3.36. The van der Waals surface area contributed by atoms with Crippen LogP contribution < -0.4 is 26.0 Å². The molecule has 1 aliphatic heterocycles. The van der Waals surface area contributed by atoms with Crippen LogP contribution in [0.1, 0.15) is 58.3 Å². The van der Waals surface area contributed by atoms with Gasteiger partial charge in [-0.25, -0.2) is 9.37 Å². The largest absolute Gasteiger partial charge is 0.492 e. The number of nitrogens with zero attached hydrogens (tertiary/aromatic N) is 5. The topological polar surface area (TPSA) is 114 Å². The van der Waals surface area contributed by atoms with Crippen molar-refractivity contribution in [3.63, 3.8) is 0 Å². The zero-order chi connectivity index (χ0) is 23.2.